The Bertz CT molecular complexity index is 592. The molecule has 1 aromatic carbocycles. The molecule has 0 amide bonds. The first-order valence-electron chi connectivity index (χ1n) is 6.73. The van der Waals surface area contributed by atoms with Crippen LogP contribution in [0.15, 0.2) is 28.7 Å². The summed E-state index contributed by atoms with van der Waals surface area (Å²) in [4.78, 5) is 7.92. The van der Waals surface area contributed by atoms with Gasteiger partial charge in [-0.15, -0.1) is 0 Å². The summed E-state index contributed by atoms with van der Waals surface area (Å²) in [6.07, 6.45) is 2.43. The minimum Gasteiger partial charge on any atom is -0.391 e. The Morgan fingerprint density at radius 3 is 2.65 bits per heavy atom. The number of nitrogens with zero attached hydrogens (tertiary/aromatic N) is 2. The maximum atomic E-state index is 9.46. The first kappa shape index (κ1) is 14.0. The van der Waals surface area contributed by atoms with Crippen molar-refractivity contribution in [1.29, 1.82) is 0 Å². The largest absolute Gasteiger partial charge is 0.391 e. The zero-order valence-corrected chi connectivity index (χ0v) is 13.7. The fourth-order valence-electron chi connectivity index (χ4n) is 2.23. The molecule has 20 heavy (non-hydrogen) atoms. The van der Waals surface area contributed by atoms with Crippen molar-refractivity contribution in [3.05, 3.63) is 44.9 Å². The normalized spacial score (nSPS) is 14.6. The molecule has 1 heterocycles. The number of hydrogen-bond acceptors (Lipinski definition) is 4. The second-order valence-corrected chi connectivity index (χ2v) is 7.20. The highest BCUT2D eigenvalue weighted by Gasteiger charge is 2.29. The zero-order chi connectivity index (χ0) is 14.1. The summed E-state index contributed by atoms with van der Waals surface area (Å²) >= 11 is 5.06. The molecule has 1 N–H and O–H groups in total. The second kappa shape index (κ2) is 5.84. The average Bonchev–Trinajstić information content (AvgIpc) is 3.20. The number of halogens is 1. The quantitative estimate of drug-likeness (QED) is 0.885. The monoisotopic (exact) mass is 352 g/mol. The predicted octanol–water partition coefficient (Wildman–Crippen LogP) is 3.91. The van der Waals surface area contributed by atoms with Crippen molar-refractivity contribution in [2.24, 2.45) is 0 Å². The van der Waals surface area contributed by atoms with Gasteiger partial charge in [0.15, 0.2) is 5.13 Å². The Balaban J connectivity index is 1.76. The van der Waals surface area contributed by atoms with Crippen LogP contribution in [0.3, 0.4) is 0 Å². The lowest BCUT2D eigenvalue weighted by Gasteiger charge is -2.15. The van der Waals surface area contributed by atoms with Gasteiger partial charge in [-0.1, -0.05) is 39.4 Å². The molecule has 0 atom stereocenters. The molecule has 5 heteroatoms. The number of benzene rings is 1. The van der Waals surface area contributed by atoms with E-state index >= 15 is 0 Å². The third kappa shape index (κ3) is 3.05. The lowest BCUT2D eigenvalue weighted by molar-refractivity contribution is 0.284. The Morgan fingerprint density at radius 2 is 2.05 bits per heavy atom. The summed E-state index contributed by atoms with van der Waals surface area (Å²) in [7, 11) is 2.05. The lowest BCUT2D eigenvalue weighted by Crippen LogP contribution is -2.16. The number of aromatic nitrogens is 1. The Hall–Kier alpha value is -0.910. The summed E-state index contributed by atoms with van der Waals surface area (Å²) in [5.74, 6) is 0.586. The van der Waals surface area contributed by atoms with Crippen LogP contribution < -0.4 is 4.90 Å². The van der Waals surface area contributed by atoms with Crippen molar-refractivity contribution in [1.82, 2.24) is 4.98 Å². The van der Waals surface area contributed by atoms with Gasteiger partial charge in [-0.25, -0.2) is 4.98 Å². The number of thiazole rings is 1. The molecule has 1 aliphatic rings. The number of rotatable bonds is 5. The molecule has 0 unspecified atom stereocenters. The molecule has 3 rings (SSSR count). The molecular formula is C15H17BrN2OS. The van der Waals surface area contributed by atoms with Crippen molar-refractivity contribution in [2.45, 2.75) is 31.9 Å². The molecule has 106 valence electrons. The van der Waals surface area contributed by atoms with E-state index in [1.165, 1.54) is 18.4 Å². The standard InChI is InChI=1S/C15H17BrN2OS/c1-18(8-10-2-6-12(16)7-3-10)15-17-14(11-4-5-11)13(9-19)20-15/h2-3,6-7,11,19H,4-5,8-9H2,1H3. The second-order valence-electron chi connectivity index (χ2n) is 5.22. The minimum atomic E-state index is 0.107. The molecule has 0 bridgehead atoms. The van der Waals surface area contributed by atoms with Crippen molar-refractivity contribution < 1.29 is 5.11 Å². The van der Waals surface area contributed by atoms with Crippen LogP contribution >= 0.6 is 27.3 Å². The van der Waals surface area contributed by atoms with Crippen LogP contribution in [0.2, 0.25) is 0 Å². The first-order valence-corrected chi connectivity index (χ1v) is 8.34. The lowest BCUT2D eigenvalue weighted by atomic mass is 10.2. The third-order valence-electron chi connectivity index (χ3n) is 3.48. The molecule has 0 spiro atoms. The molecule has 1 fully saturated rings. The van der Waals surface area contributed by atoms with Crippen LogP contribution in [-0.2, 0) is 13.2 Å². The van der Waals surface area contributed by atoms with E-state index < -0.39 is 0 Å². The van der Waals surface area contributed by atoms with Crippen LogP contribution in [0, 0.1) is 0 Å². The molecule has 0 aliphatic heterocycles. The molecule has 1 saturated carbocycles. The number of aliphatic hydroxyl groups is 1. The summed E-state index contributed by atoms with van der Waals surface area (Å²) in [6, 6.07) is 8.34. The van der Waals surface area contributed by atoms with Gasteiger partial charge in [0.1, 0.15) is 0 Å². The van der Waals surface area contributed by atoms with Gasteiger partial charge in [0.25, 0.3) is 0 Å². The SMILES string of the molecule is CN(Cc1ccc(Br)cc1)c1nc(C2CC2)c(CO)s1. The van der Waals surface area contributed by atoms with E-state index in [9.17, 15) is 5.11 Å². The highest BCUT2D eigenvalue weighted by Crippen LogP contribution is 2.44. The van der Waals surface area contributed by atoms with E-state index in [2.05, 4.69) is 52.1 Å². The smallest absolute Gasteiger partial charge is 0.185 e. The van der Waals surface area contributed by atoms with E-state index in [0.29, 0.717) is 5.92 Å². The zero-order valence-electron chi connectivity index (χ0n) is 11.3. The van der Waals surface area contributed by atoms with Crippen molar-refractivity contribution in [2.75, 3.05) is 11.9 Å². The Labute approximate surface area is 131 Å². The maximum absolute atomic E-state index is 9.46. The van der Waals surface area contributed by atoms with Crippen molar-refractivity contribution >= 4 is 32.4 Å². The summed E-state index contributed by atoms with van der Waals surface area (Å²) in [5, 5.41) is 10.5. The van der Waals surface area contributed by atoms with Gasteiger partial charge < -0.3 is 10.0 Å². The van der Waals surface area contributed by atoms with Crippen LogP contribution in [0.25, 0.3) is 0 Å². The van der Waals surface area contributed by atoms with Gasteiger partial charge in [0.05, 0.1) is 17.2 Å². The number of anilines is 1. The van der Waals surface area contributed by atoms with Crippen LogP contribution in [-0.4, -0.2) is 17.1 Å². The molecule has 2 aromatic rings. The molecule has 1 aliphatic carbocycles. The first-order chi connectivity index (χ1) is 9.67. The third-order valence-corrected chi connectivity index (χ3v) is 5.18. The minimum absolute atomic E-state index is 0.107. The summed E-state index contributed by atoms with van der Waals surface area (Å²) < 4.78 is 1.09. The van der Waals surface area contributed by atoms with E-state index in [-0.39, 0.29) is 6.61 Å². The molecule has 3 nitrogen and oxygen atoms in total. The van der Waals surface area contributed by atoms with E-state index in [4.69, 9.17) is 4.98 Å². The van der Waals surface area contributed by atoms with Gasteiger partial charge in [0.2, 0.25) is 0 Å². The summed E-state index contributed by atoms with van der Waals surface area (Å²) in [5.41, 5.74) is 2.37. The maximum Gasteiger partial charge on any atom is 0.185 e. The van der Waals surface area contributed by atoms with Gasteiger partial charge in [-0.2, -0.15) is 0 Å². The highest BCUT2D eigenvalue weighted by atomic mass is 79.9. The van der Waals surface area contributed by atoms with Crippen molar-refractivity contribution in [3.8, 4) is 0 Å². The van der Waals surface area contributed by atoms with Crippen molar-refractivity contribution in [3.63, 3.8) is 0 Å². The molecule has 0 saturated heterocycles. The fraction of sp³-hybridized carbons (Fsp3) is 0.400. The van der Waals surface area contributed by atoms with E-state index in [0.717, 1.165) is 26.7 Å². The van der Waals surface area contributed by atoms with Crippen LogP contribution in [0.5, 0.6) is 0 Å². The Morgan fingerprint density at radius 1 is 1.35 bits per heavy atom. The highest BCUT2D eigenvalue weighted by molar-refractivity contribution is 9.10. The van der Waals surface area contributed by atoms with Gasteiger partial charge in [-0.05, 0) is 30.5 Å². The predicted molar refractivity (Wildman–Crippen MR) is 86.3 cm³/mol. The number of hydrogen-bond donors (Lipinski definition) is 1. The summed E-state index contributed by atoms with van der Waals surface area (Å²) in [6.45, 7) is 0.936. The topological polar surface area (TPSA) is 36.4 Å². The number of aliphatic hydroxyl groups excluding tert-OH is 1. The average molecular weight is 353 g/mol. The van der Waals surface area contributed by atoms with Gasteiger partial charge >= 0.3 is 0 Å². The molecule has 0 radical (unpaired) electrons. The van der Waals surface area contributed by atoms with Gasteiger partial charge in [0, 0.05) is 24.0 Å². The van der Waals surface area contributed by atoms with Crippen LogP contribution in [0.4, 0.5) is 5.13 Å². The van der Waals surface area contributed by atoms with Crippen LogP contribution in [0.1, 0.15) is 34.9 Å². The van der Waals surface area contributed by atoms with E-state index in [1.54, 1.807) is 11.3 Å². The van der Waals surface area contributed by atoms with Gasteiger partial charge in [-0.3, -0.25) is 0 Å². The molecular weight excluding hydrogens is 336 g/mol. The Kier molecular flexibility index (Phi) is 4.10. The van der Waals surface area contributed by atoms with E-state index in [1.807, 2.05) is 0 Å². The fourth-order valence-corrected chi connectivity index (χ4v) is 3.46. The molecule has 1 aromatic heterocycles.